The van der Waals surface area contributed by atoms with Crippen LogP contribution in [0, 0.1) is 0 Å². The summed E-state index contributed by atoms with van der Waals surface area (Å²) in [7, 11) is 3.56. The van der Waals surface area contributed by atoms with Gasteiger partial charge in [-0.15, -0.1) is 0 Å². The number of esters is 5. The Bertz CT molecular complexity index is 842. The summed E-state index contributed by atoms with van der Waals surface area (Å²) < 4.78 is 42.3. The van der Waals surface area contributed by atoms with Gasteiger partial charge in [0.1, 0.15) is 13.2 Å². The third-order valence-corrected chi connectivity index (χ3v) is 3.84. The van der Waals surface area contributed by atoms with Gasteiger partial charge in [-0.1, -0.05) is 0 Å². The molecule has 0 aromatic heterocycles. The predicted octanol–water partition coefficient (Wildman–Crippen LogP) is -1.63. The molecule has 0 saturated heterocycles. The van der Waals surface area contributed by atoms with E-state index in [-0.39, 0.29) is 52.9 Å². The van der Waals surface area contributed by atoms with Crippen LogP contribution in [0.3, 0.4) is 0 Å². The second-order valence-corrected chi connectivity index (χ2v) is 7.14. The minimum atomic E-state index is -1.17. The van der Waals surface area contributed by atoms with Gasteiger partial charge < -0.3 is 58.0 Å². The van der Waals surface area contributed by atoms with Gasteiger partial charge >= 0.3 is 35.8 Å². The number of aliphatic hydroxyl groups excluding tert-OH is 2. The van der Waals surface area contributed by atoms with Crippen molar-refractivity contribution in [3.8, 4) is 0 Å². The number of aliphatic hydroxyl groups is 2. The maximum Gasteiger partial charge on any atom is 0.331 e. The van der Waals surface area contributed by atoms with Gasteiger partial charge in [0.2, 0.25) is 0 Å². The molecule has 0 aromatic rings. The Balaban J connectivity index is -0.000000754. The van der Waals surface area contributed by atoms with Gasteiger partial charge in [-0.25, -0.2) is 28.8 Å². The van der Waals surface area contributed by atoms with Crippen LogP contribution in [-0.2, 0) is 71.4 Å². The Kier molecular flexibility index (Phi) is 36.2. The van der Waals surface area contributed by atoms with E-state index in [4.69, 9.17) is 43.7 Å². The van der Waals surface area contributed by atoms with E-state index in [0.29, 0.717) is 32.5 Å². The number of aliphatic carboxylic acids is 1. The van der Waals surface area contributed by atoms with E-state index in [9.17, 15) is 28.8 Å². The molecule has 18 nitrogen and oxygen atoms in total. The van der Waals surface area contributed by atoms with Gasteiger partial charge in [0.05, 0.1) is 87.4 Å². The molecule has 0 amide bonds. The molecule has 0 aromatic carbocycles. The highest BCUT2D eigenvalue weighted by atomic mass is 16.6. The van der Waals surface area contributed by atoms with E-state index in [1.807, 2.05) is 0 Å². The molecule has 0 aliphatic rings. The average Bonchev–Trinajstić information content (AvgIpc) is 3.04. The van der Waals surface area contributed by atoms with E-state index < -0.39 is 35.8 Å². The first-order valence-corrected chi connectivity index (χ1v) is 12.9. The number of rotatable bonds is 22. The highest BCUT2D eigenvalue weighted by Crippen LogP contribution is 1.88. The molecular formula is C27H42O18. The molecule has 3 N–H and O–H groups in total. The predicted molar refractivity (Wildman–Crippen MR) is 150 cm³/mol. The van der Waals surface area contributed by atoms with E-state index in [1.165, 1.54) is 21.3 Å². The van der Waals surface area contributed by atoms with Crippen molar-refractivity contribution in [1.29, 1.82) is 0 Å². The molecular weight excluding hydrogens is 612 g/mol. The third-order valence-electron chi connectivity index (χ3n) is 3.84. The monoisotopic (exact) mass is 654 g/mol. The average molecular weight is 655 g/mol. The number of methoxy groups -OCH3 is 3. The van der Waals surface area contributed by atoms with Crippen molar-refractivity contribution >= 4 is 35.8 Å². The summed E-state index contributed by atoms with van der Waals surface area (Å²) >= 11 is 0. The fraction of sp³-hybridized carbons (Fsp3) is 0.556. The van der Waals surface area contributed by atoms with E-state index >= 15 is 0 Å². The highest BCUT2D eigenvalue weighted by molar-refractivity contribution is 5.92. The maximum atomic E-state index is 11.2. The lowest BCUT2D eigenvalue weighted by Gasteiger charge is -2.06. The third kappa shape index (κ3) is 42.0. The van der Waals surface area contributed by atoms with Crippen molar-refractivity contribution in [2.75, 3.05) is 101 Å². The van der Waals surface area contributed by atoms with Crippen LogP contribution in [0.5, 0.6) is 0 Å². The minimum Gasteiger partial charge on any atom is -0.478 e. The van der Waals surface area contributed by atoms with Crippen molar-refractivity contribution in [3.63, 3.8) is 0 Å². The number of hydrogen-bond donors (Lipinski definition) is 3. The van der Waals surface area contributed by atoms with Gasteiger partial charge in [-0.3, -0.25) is 0 Å². The Morgan fingerprint density at radius 1 is 0.422 bits per heavy atom. The van der Waals surface area contributed by atoms with Crippen LogP contribution in [0.1, 0.15) is 0 Å². The maximum absolute atomic E-state index is 11.2. The molecule has 0 spiro atoms. The lowest BCUT2D eigenvalue weighted by atomic mass is 10.5. The van der Waals surface area contributed by atoms with Crippen LogP contribution in [0.2, 0.25) is 0 Å². The molecule has 45 heavy (non-hydrogen) atoms. The smallest absolute Gasteiger partial charge is 0.331 e. The highest BCUT2D eigenvalue weighted by Gasteiger charge is 2.01. The molecule has 258 valence electrons. The van der Waals surface area contributed by atoms with Crippen LogP contribution in [0.15, 0.2) is 36.5 Å². The quantitative estimate of drug-likeness (QED) is 0.0513. The number of ether oxygens (including phenoxy) is 9. The molecule has 0 aliphatic carbocycles. The van der Waals surface area contributed by atoms with Gasteiger partial charge in [-0.05, 0) is 0 Å². The van der Waals surface area contributed by atoms with Gasteiger partial charge in [0, 0.05) is 36.5 Å². The summed E-state index contributed by atoms with van der Waals surface area (Å²) in [5, 5.41) is 24.5. The fourth-order valence-electron chi connectivity index (χ4n) is 1.89. The van der Waals surface area contributed by atoms with Crippen LogP contribution >= 0.6 is 0 Å². The van der Waals surface area contributed by atoms with Gasteiger partial charge in [0.25, 0.3) is 0 Å². The first-order valence-electron chi connectivity index (χ1n) is 12.9. The summed E-state index contributed by atoms with van der Waals surface area (Å²) in [5.41, 5.74) is 0. The zero-order chi connectivity index (χ0) is 34.6. The van der Waals surface area contributed by atoms with Gasteiger partial charge in [0.15, 0.2) is 0 Å². The zero-order valence-electron chi connectivity index (χ0n) is 25.4. The van der Waals surface area contributed by atoms with Crippen LogP contribution in [0.4, 0.5) is 0 Å². The Hall–Kier alpha value is -4.20. The summed E-state index contributed by atoms with van der Waals surface area (Å²) in [6, 6.07) is 0. The number of carbonyl (C=O) groups is 6. The summed E-state index contributed by atoms with van der Waals surface area (Å²) in [4.78, 5) is 63.7. The number of carboxylic acids is 1. The van der Waals surface area contributed by atoms with Crippen LogP contribution in [-0.4, -0.2) is 152 Å². The molecule has 0 fully saturated rings. The van der Waals surface area contributed by atoms with Crippen LogP contribution in [0.25, 0.3) is 0 Å². The minimum absolute atomic E-state index is 0.0223. The zero-order valence-corrected chi connectivity index (χ0v) is 25.4. The lowest BCUT2D eigenvalue weighted by Crippen LogP contribution is -2.14. The molecule has 0 radical (unpaired) electrons. The topological polar surface area (TPSA) is 246 Å². The van der Waals surface area contributed by atoms with Crippen molar-refractivity contribution in [2.24, 2.45) is 0 Å². The number of carboxylic acid groups (broad SMARTS) is 1. The van der Waals surface area contributed by atoms with E-state index in [0.717, 1.165) is 30.4 Å². The van der Waals surface area contributed by atoms with Crippen molar-refractivity contribution < 1.29 is 86.7 Å². The molecule has 0 atom stereocenters. The molecule has 0 rings (SSSR count). The van der Waals surface area contributed by atoms with Crippen molar-refractivity contribution in [3.05, 3.63) is 36.5 Å². The molecule has 0 aliphatic heterocycles. The summed E-state index contributed by atoms with van der Waals surface area (Å²) in [6.45, 7) is 2.61. The first kappa shape index (κ1) is 45.2. The van der Waals surface area contributed by atoms with Crippen LogP contribution < -0.4 is 0 Å². The second-order valence-electron chi connectivity index (χ2n) is 7.14. The molecule has 0 saturated carbocycles. The number of carbonyl (C=O) groups excluding carboxylic acids is 5. The summed E-state index contributed by atoms with van der Waals surface area (Å²) in [5.74, 6) is -4.50. The van der Waals surface area contributed by atoms with Gasteiger partial charge in [-0.2, -0.15) is 0 Å². The summed E-state index contributed by atoms with van der Waals surface area (Å²) in [6.07, 6.45) is 5.37. The van der Waals surface area contributed by atoms with Crippen molar-refractivity contribution in [1.82, 2.24) is 0 Å². The first-order chi connectivity index (χ1) is 21.6. The Labute approximate surface area is 260 Å². The molecule has 0 unspecified atom stereocenters. The van der Waals surface area contributed by atoms with Crippen molar-refractivity contribution in [2.45, 2.75) is 0 Å². The Morgan fingerprint density at radius 3 is 0.978 bits per heavy atom. The normalized spacial score (nSPS) is 10.3. The standard InChI is InChI=1S/C16H22O10.C6H14O4.C5H6O4/c1-21-13(17)3-5-15(19)25-11-9-23-7-8-24-10-12-26-16(20)6-4-14(18)22-2;7-1-3-9-5-6-10-4-2-8;1-9-5(8)3-2-4(6)7/h3-6H,7-12H2,1-2H3;7-8H,1-6H2;2-3H,1H3,(H,6,7)/b5-3+,6-4+;;3-2+. The second kappa shape index (κ2) is 36.0. The molecule has 18 heteroatoms. The molecule has 0 bridgehead atoms. The Morgan fingerprint density at radius 2 is 0.689 bits per heavy atom. The SMILES string of the molecule is COC(=O)/C=C/C(=O)O.COC(=O)/C=C/C(=O)OCCOCCOCCOC(=O)/C=C/C(=O)OC.OCCOCCOCCO. The fourth-order valence-corrected chi connectivity index (χ4v) is 1.89. The largest absolute Gasteiger partial charge is 0.478 e. The lowest BCUT2D eigenvalue weighted by molar-refractivity contribution is -0.141. The molecule has 0 heterocycles. The van der Waals surface area contributed by atoms with E-state index in [1.54, 1.807) is 0 Å². The van der Waals surface area contributed by atoms with E-state index in [2.05, 4.69) is 14.2 Å². The number of hydrogen-bond acceptors (Lipinski definition) is 17.